The van der Waals surface area contributed by atoms with Crippen LogP contribution >= 0.6 is 0 Å². The maximum atomic E-state index is 11.8. The highest BCUT2D eigenvalue weighted by Crippen LogP contribution is 2.21. The van der Waals surface area contributed by atoms with E-state index in [1.54, 1.807) is 6.92 Å². The lowest BCUT2D eigenvalue weighted by molar-refractivity contribution is 0.0223. The van der Waals surface area contributed by atoms with E-state index in [4.69, 9.17) is 4.84 Å². The molecule has 0 saturated heterocycles. The second-order valence-corrected chi connectivity index (χ2v) is 5.58. The summed E-state index contributed by atoms with van der Waals surface area (Å²) in [6.07, 6.45) is 5.28. The molecule has 1 saturated carbocycles. The molecule has 1 aliphatic carbocycles. The van der Waals surface area contributed by atoms with Gasteiger partial charge in [-0.2, -0.15) is 5.10 Å². The van der Waals surface area contributed by atoms with Gasteiger partial charge in [-0.25, -0.2) is 8.42 Å². The zero-order chi connectivity index (χ0) is 11.6. The first-order valence-corrected chi connectivity index (χ1v) is 6.75. The van der Waals surface area contributed by atoms with Crippen molar-refractivity contribution in [2.75, 3.05) is 0 Å². The van der Waals surface area contributed by atoms with Gasteiger partial charge in [-0.15, -0.1) is 0 Å². The Labute approximate surface area is 94.4 Å². The monoisotopic (exact) mass is 245 g/mol. The minimum absolute atomic E-state index is 0.00184. The van der Waals surface area contributed by atoms with Crippen molar-refractivity contribution in [2.24, 2.45) is 0 Å². The number of aromatic amines is 1. The van der Waals surface area contributed by atoms with Crippen LogP contribution in [0.5, 0.6) is 0 Å². The maximum absolute atomic E-state index is 11.8. The van der Waals surface area contributed by atoms with Gasteiger partial charge in [0.15, 0.2) is 0 Å². The molecule has 1 heterocycles. The zero-order valence-corrected chi connectivity index (χ0v) is 9.88. The topological polar surface area (TPSA) is 84.1 Å². The third-order valence-electron chi connectivity index (χ3n) is 2.70. The summed E-state index contributed by atoms with van der Waals surface area (Å²) in [5.74, 6) is 0. The molecule has 2 rings (SSSR count). The molecular weight excluding hydrogens is 230 g/mol. The molecule has 0 bridgehead atoms. The molecule has 0 aromatic carbocycles. The lowest BCUT2D eigenvalue weighted by atomic mass is 10.3. The van der Waals surface area contributed by atoms with Gasteiger partial charge in [0, 0.05) is 0 Å². The number of H-pyrrole nitrogens is 1. The Hall–Kier alpha value is -0.920. The Morgan fingerprint density at radius 1 is 1.50 bits per heavy atom. The molecule has 0 unspecified atom stereocenters. The molecular formula is C9H15N3O3S. The van der Waals surface area contributed by atoms with Crippen molar-refractivity contribution in [1.29, 1.82) is 0 Å². The lowest BCUT2D eigenvalue weighted by Gasteiger charge is -2.11. The Kier molecular flexibility index (Phi) is 3.27. The van der Waals surface area contributed by atoms with E-state index >= 15 is 0 Å². The summed E-state index contributed by atoms with van der Waals surface area (Å²) < 4.78 is 23.5. The average molecular weight is 245 g/mol. The van der Waals surface area contributed by atoms with Crippen molar-refractivity contribution >= 4 is 10.0 Å². The summed E-state index contributed by atoms with van der Waals surface area (Å²) in [5, 5.41) is 6.25. The second-order valence-electron chi connectivity index (χ2n) is 3.97. The van der Waals surface area contributed by atoms with Gasteiger partial charge in [0.05, 0.1) is 18.0 Å². The van der Waals surface area contributed by atoms with Crippen molar-refractivity contribution in [2.45, 2.75) is 43.6 Å². The molecule has 90 valence electrons. The van der Waals surface area contributed by atoms with Gasteiger partial charge in [0.2, 0.25) is 0 Å². The summed E-state index contributed by atoms with van der Waals surface area (Å²) in [7, 11) is -3.60. The summed E-state index contributed by atoms with van der Waals surface area (Å²) in [6, 6.07) is 0. The van der Waals surface area contributed by atoms with Crippen molar-refractivity contribution in [1.82, 2.24) is 15.1 Å². The van der Waals surface area contributed by atoms with Crippen LogP contribution in [-0.4, -0.2) is 24.7 Å². The Bertz CT molecular complexity index is 448. The largest absolute Gasteiger partial charge is 0.284 e. The highest BCUT2D eigenvalue weighted by atomic mass is 32.2. The smallest absolute Gasteiger partial charge is 0.265 e. The molecule has 1 aromatic rings. The number of rotatable bonds is 4. The number of hydrogen-bond donors (Lipinski definition) is 2. The normalized spacial score (nSPS) is 18.1. The van der Waals surface area contributed by atoms with Crippen molar-refractivity contribution in [3.05, 3.63) is 11.9 Å². The van der Waals surface area contributed by atoms with Gasteiger partial charge in [-0.1, -0.05) is 17.7 Å². The zero-order valence-electron chi connectivity index (χ0n) is 9.06. The third-order valence-corrected chi connectivity index (χ3v) is 4.01. The first-order chi connectivity index (χ1) is 7.59. The lowest BCUT2D eigenvalue weighted by Crippen LogP contribution is -2.28. The van der Waals surface area contributed by atoms with E-state index in [9.17, 15) is 8.42 Å². The number of hydrogen-bond acceptors (Lipinski definition) is 4. The summed E-state index contributed by atoms with van der Waals surface area (Å²) >= 11 is 0. The fourth-order valence-corrected chi connectivity index (χ4v) is 2.79. The van der Waals surface area contributed by atoms with Gasteiger partial charge in [0.25, 0.3) is 10.0 Å². The Morgan fingerprint density at radius 3 is 2.75 bits per heavy atom. The number of aromatic nitrogens is 2. The van der Waals surface area contributed by atoms with Crippen LogP contribution in [0, 0.1) is 6.92 Å². The third kappa shape index (κ3) is 2.42. The number of aryl methyl sites for hydroxylation is 1. The van der Waals surface area contributed by atoms with Gasteiger partial charge >= 0.3 is 0 Å². The molecule has 1 fully saturated rings. The molecule has 0 atom stereocenters. The van der Waals surface area contributed by atoms with Crippen LogP contribution in [0.4, 0.5) is 0 Å². The predicted octanol–water partition coefficient (Wildman–Crippen LogP) is 0.871. The summed E-state index contributed by atoms with van der Waals surface area (Å²) in [4.78, 5) is 7.45. The van der Waals surface area contributed by atoms with E-state index in [0.717, 1.165) is 25.7 Å². The van der Waals surface area contributed by atoms with Gasteiger partial charge in [-0.3, -0.25) is 9.94 Å². The van der Waals surface area contributed by atoms with E-state index in [1.807, 2.05) is 0 Å². The molecule has 6 nitrogen and oxygen atoms in total. The van der Waals surface area contributed by atoms with E-state index in [-0.39, 0.29) is 11.0 Å². The summed E-state index contributed by atoms with van der Waals surface area (Å²) in [6.45, 7) is 1.65. The van der Waals surface area contributed by atoms with Crippen molar-refractivity contribution < 1.29 is 13.3 Å². The van der Waals surface area contributed by atoms with Crippen LogP contribution in [0.2, 0.25) is 0 Å². The molecule has 0 amide bonds. The number of nitrogens with zero attached hydrogens (tertiary/aromatic N) is 1. The van der Waals surface area contributed by atoms with E-state index in [2.05, 4.69) is 15.1 Å². The minimum Gasteiger partial charge on any atom is -0.284 e. The van der Waals surface area contributed by atoms with Crippen LogP contribution in [0.3, 0.4) is 0 Å². The van der Waals surface area contributed by atoms with E-state index < -0.39 is 10.0 Å². The van der Waals surface area contributed by atoms with Gasteiger partial charge in [-0.05, 0) is 19.8 Å². The molecule has 1 aliphatic rings. The molecule has 0 aliphatic heterocycles. The molecule has 1 aromatic heterocycles. The van der Waals surface area contributed by atoms with Crippen LogP contribution < -0.4 is 4.89 Å². The van der Waals surface area contributed by atoms with Crippen LogP contribution in [0.1, 0.15) is 31.4 Å². The first-order valence-electron chi connectivity index (χ1n) is 5.27. The van der Waals surface area contributed by atoms with Crippen molar-refractivity contribution in [3.8, 4) is 0 Å². The molecule has 0 radical (unpaired) electrons. The van der Waals surface area contributed by atoms with E-state index in [1.165, 1.54) is 6.20 Å². The van der Waals surface area contributed by atoms with Crippen molar-refractivity contribution in [3.63, 3.8) is 0 Å². The number of nitrogens with one attached hydrogen (secondary N) is 2. The summed E-state index contributed by atoms with van der Waals surface area (Å²) in [5.41, 5.74) is 0.502. The quantitative estimate of drug-likeness (QED) is 0.771. The van der Waals surface area contributed by atoms with E-state index in [0.29, 0.717) is 5.69 Å². The van der Waals surface area contributed by atoms with Gasteiger partial charge < -0.3 is 0 Å². The highest BCUT2D eigenvalue weighted by molar-refractivity contribution is 7.89. The Balaban J connectivity index is 2.00. The standard InChI is InChI=1S/C9H15N3O3S/c1-7-9(6-10-11-7)16(13,14)12-15-8-4-2-3-5-8/h6,8,12H,2-5H2,1H3,(H,10,11). The highest BCUT2D eigenvalue weighted by Gasteiger charge is 2.22. The SMILES string of the molecule is Cc1[nH]ncc1S(=O)(=O)NOC1CCCC1. The fourth-order valence-electron chi connectivity index (χ4n) is 1.79. The van der Waals surface area contributed by atoms with Crippen LogP contribution in [0.25, 0.3) is 0 Å². The molecule has 2 N–H and O–H groups in total. The molecule has 0 spiro atoms. The number of sulfonamides is 1. The van der Waals surface area contributed by atoms with Gasteiger partial charge in [0.1, 0.15) is 4.90 Å². The maximum Gasteiger partial charge on any atom is 0.265 e. The predicted molar refractivity (Wildman–Crippen MR) is 57.0 cm³/mol. The molecule has 16 heavy (non-hydrogen) atoms. The minimum atomic E-state index is -3.60. The average Bonchev–Trinajstić information content (AvgIpc) is 2.85. The van der Waals surface area contributed by atoms with Crippen LogP contribution in [-0.2, 0) is 14.9 Å². The second kappa shape index (κ2) is 4.52. The fraction of sp³-hybridized carbons (Fsp3) is 0.667. The molecule has 7 heteroatoms. The Morgan fingerprint density at radius 2 is 2.19 bits per heavy atom. The first kappa shape index (κ1) is 11.6. The van der Waals surface area contributed by atoms with Crippen LogP contribution in [0.15, 0.2) is 11.1 Å².